The summed E-state index contributed by atoms with van der Waals surface area (Å²) in [5.74, 6) is 1.66. The molecule has 0 bridgehead atoms. The van der Waals surface area contributed by atoms with E-state index in [9.17, 15) is 4.79 Å². The molecule has 3 rings (SSSR count). The maximum absolute atomic E-state index is 12.1. The smallest absolute Gasteiger partial charge is 0.248 e. The maximum Gasteiger partial charge on any atom is 0.248 e. The van der Waals surface area contributed by atoms with Gasteiger partial charge >= 0.3 is 0 Å². The number of likely N-dealkylation sites (tertiary alicyclic amines) is 1. The molecule has 2 unspecified atom stereocenters. The zero-order valence-corrected chi connectivity index (χ0v) is 10.4. The molecule has 3 aliphatic rings. The summed E-state index contributed by atoms with van der Waals surface area (Å²) in [4.78, 5) is 14.1. The van der Waals surface area contributed by atoms with Crippen molar-refractivity contribution < 1.29 is 9.53 Å². The van der Waals surface area contributed by atoms with E-state index in [0.717, 1.165) is 38.1 Å². The molecule has 4 nitrogen and oxygen atoms in total. The summed E-state index contributed by atoms with van der Waals surface area (Å²) < 4.78 is 5.50. The molecule has 1 amide bonds. The Hall–Kier alpha value is -0.610. The maximum atomic E-state index is 12.1. The van der Waals surface area contributed by atoms with E-state index in [4.69, 9.17) is 4.74 Å². The minimum atomic E-state index is 0.196. The second-order valence-corrected chi connectivity index (χ2v) is 5.65. The number of fused-ring (bicyclic) bond motifs is 1. The lowest BCUT2D eigenvalue weighted by atomic mass is 9.93. The van der Waals surface area contributed by atoms with Crippen LogP contribution in [0.4, 0.5) is 0 Å². The Bertz CT molecular complexity index is 291. The first-order valence-electron chi connectivity index (χ1n) is 6.92. The van der Waals surface area contributed by atoms with Crippen molar-refractivity contribution in [3.8, 4) is 0 Å². The van der Waals surface area contributed by atoms with Gasteiger partial charge in [-0.05, 0) is 44.1 Å². The highest BCUT2D eigenvalue weighted by atomic mass is 16.5. The molecule has 4 heteroatoms. The predicted octanol–water partition coefficient (Wildman–Crippen LogP) is 0.623. The summed E-state index contributed by atoms with van der Waals surface area (Å²) >= 11 is 0. The quantitative estimate of drug-likeness (QED) is 0.781. The second-order valence-electron chi connectivity index (χ2n) is 5.65. The van der Waals surface area contributed by atoms with Crippen molar-refractivity contribution >= 4 is 5.91 Å². The van der Waals surface area contributed by atoms with Crippen LogP contribution in [0.15, 0.2) is 0 Å². The van der Waals surface area contributed by atoms with Gasteiger partial charge in [0.15, 0.2) is 0 Å². The Morgan fingerprint density at radius 3 is 3.00 bits per heavy atom. The lowest BCUT2D eigenvalue weighted by Gasteiger charge is -2.32. The second kappa shape index (κ2) is 4.94. The van der Waals surface area contributed by atoms with Gasteiger partial charge in [0.25, 0.3) is 0 Å². The van der Waals surface area contributed by atoms with Gasteiger partial charge < -0.3 is 15.0 Å². The number of nitrogens with zero attached hydrogens (tertiary/aromatic N) is 1. The van der Waals surface area contributed by atoms with Gasteiger partial charge in [-0.1, -0.05) is 0 Å². The van der Waals surface area contributed by atoms with Gasteiger partial charge in [-0.25, -0.2) is 0 Å². The summed E-state index contributed by atoms with van der Waals surface area (Å²) in [6.07, 6.45) is 4.97. The molecule has 0 aromatic heterocycles. The van der Waals surface area contributed by atoms with Crippen molar-refractivity contribution in [1.82, 2.24) is 10.2 Å². The van der Waals surface area contributed by atoms with E-state index >= 15 is 0 Å². The first-order chi connectivity index (χ1) is 8.34. The average Bonchev–Trinajstić information content (AvgIpc) is 3.07. The molecule has 0 radical (unpaired) electrons. The zero-order valence-electron chi connectivity index (χ0n) is 10.4. The monoisotopic (exact) mass is 238 g/mol. The summed E-state index contributed by atoms with van der Waals surface area (Å²) in [5.41, 5.74) is 0. The Morgan fingerprint density at radius 1 is 1.29 bits per heavy atom. The van der Waals surface area contributed by atoms with Crippen molar-refractivity contribution in [3.63, 3.8) is 0 Å². The fourth-order valence-corrected chi connectivity index (χ4v) is 3.06. The van der Waals surface area contributed by atoms with Crippen molar-refractivity contribution in [2.45, 2.75) is 31.7 Å². The number of ether oxygens (including phenoxy) is 1. The number of nitrogens with one attached hydrogen (secondary N) is 1. The topological polar surface area (TPSA) is 41.6 Å². The largest absolute Gasteiger partial charge is 0.371 e. The molecule has 2 saturated heterocycles. The molecule has 2 heterocycles. The molecule has 3 fully saturated rings. The Labute approximate surface area is 103 Å². The normalized spacial score (nSPS) is 32.6. The molecule has 96 valence electrons. The highest BCUT2D eigenvalue weighted by Crippen LogP contribution is 2.30. The number of piperidine rings is 1. The Kier molecular flexibility index (Phi) is 3.34. The van der Waals surface area contributed by atoms with Crippen LogP contribution in [0.25, 0.3) is 0 Å². The van der Waals surface area contributed by atoms with E-state index in [1.54, 1.807) is 0 Å². The average molecular weight is 238 g/mol. The zero-order chi connectivity index (χ0) is 11.7. The van der Waals surface area contributed by atoms with E-state index in [1.165, 1.54) is 25.7 Å². The summed E-state index contributed by atoms with van der Waals surface area (Å²) in [7, 11) is 0. The van der Waals surface area contributed by atoms with Crippen LogP contribution in [0.3, 0.4) is 0 Å². The van der Waals surface area contributed by atoms with Crippen molar-refractivity contribution in [2.75, 3.05) is 32.8 Å². The molecule has 0 spiro atoms. The van der Waals surface area contributed by atoms with Crippen LogP contribution in [-0.4, -0.2) is 49.7 Å². The van der Waals surface area contributed by atoms with Gasteiger partial charge in [-0.2, -0.15) is 0 Å². The fourth-order valence-electron chi connectivity index (χ4n) is 3.06. The Morgan fingerprint density at radius 2 is 2.18 bits per heavy atom. The van der Waals surface area contributed by atoms with Crippen LogP contribution in [0.5, 0.6) is 0 Å². The van der Waals surface area contributed by atoms with Crippen LogP contribution in [0.1, 0.15) is 25.7 Å². The molecule has 17 heavy (non-hydrogen) atoms. The highest BCUT2D eigenvalue weighted by Gasteiger charge is 2.38. The van der Waals surface area contributed by atoms with E-state index < -0.39 is 0 Å². The van der Waals surface area contributed by atoms with Crippen LogP contribution < -0.4 is 5.32 Å². The van der Waals surface area contributed by atoms with Crippen molar-refractivity contribution in [2.24, 2.45) is 11.8 Å². The number of hydrogen-bond acceptors (Lipinski definition) is 3. The Balaban J connectivity index is 1.47. The van der Waals surface area contributed by atoms with E-state index in [2.05, 4.69) is 5.32 Å². The van der Waals surface area contributed by atoms with Gasteiger partial charge in [0.1, 0.15) is 6.61 Å². The predicted molar refractivity (Wildman–Crippen MR) is 64.6 cm³/mol. The SMILES string of the molecule is O=C(COCC1CC1)N1CCC2CCNCC21. The minimum Gasteiger partial charge on any atom is -0.371 e. The first kappa shape index (κ1) is 11.5. The van der Waals surface area contributed by atoms with E-state index in [1.807, 2.05) is 4.90 Å². The van der Waals surface area contributed by atoms with Crippen LogP contribution in [0, 0.1) is 11.8 Å². The van der Waals surface area contributed by atoms with Crippen LogP contribution in [0.2, 0.25) is 0 Å². The third-order valence-corrected chi connectivity index (χ3v) is 4.33. The molecule has 0 aromatic rings. The highest BCUT2D eigenvalue weighted by molar-refractivity contribution is 5.78. The van der Waals surface area contributed by atoms with E-state index in [0.29, 0.717) is 12.6 Å². The van der Waals surface area contributed by atoms with Gasteiger partial charge in [0, 0.05) is 19.1 Å². The molecule has 1 saturated carbocycles. The van der Waals surface area contributed by atoms with Crippen LogP contribution >= 0.6 is 0 Å². The fraction of sp³-hybridized carbons (Fsp3) is 0.923. The number of carbonyl (C=O) groups is 1. The molecule has 2 atom stereocenters. The van der Waals surface area contributed by atoms with E-state index in [-0.39, 0.29) is 5.91 Å². The van der Waals surface area contributed by atoms with Gasteiger partial charge in [0.2, 0.25) is 5.91 Å². The lowest BCUT2D eigenvalue weighted by molar-refractivity contribution is -0.137. The van der Waals surface area contributed by atoms with Crippen molar-refractivity contribution in [3.05, 3.63) is 0 Å². The standard InChI is InChI=1S/C13H22N2O2/c16-13(9-17-8-10-1-2-10)15-6-4-11-3-5-14-7-12(11)15/h10-12,14H,1-9H2. The first-order valence-corrected chi connectivity index (χ1v) is 6.92. The third-order valence-electron chi connectivity index (χ3n) is 4.33. The summed E-state index contributed by atoms with van der Waals surface area (Å²) in [5, 5.41) is 3.39. The molecule has 0 aromatic carbocycles. The van der Waals surface area contributed by atoms with Gasteiger partial charge in [-0.3, -0.25) is 4.79 Å². The molecule has 1 N–H and O–H groups in total. The molecular formula is C13H22N2O2. The number of amides is 1. The number of rotatable bonds is 4. The van der Waals surface area contributed by atoms with Crippen LogP contribution in [-0.2, 0) is 9.53 Å². The minimum absolute atomic E-state index is 0.196. The molecular weight excluding hydrogens is 216 g/mol. The lowest BCUT2D eigenvalue weighted by Crippen LogP contribution is -2.48. The summed E-state index contributed by atoms with van der Waals surface area (Å²) in [6.45, 7) is 4.09. The van der Waals surface area contributed by atoms with Gasteiger partial charge in [-0.15, -0.1) is 0 Å². The van der Waals surface area contributed by atoms with Gasteiger partial charge in [0.05, 0.1) is 6.61 Å². The van der Waals surface area contributed by atoms with Crippen molar-refractivity contribution in [1.29, 1.82) is 0 Å². The summed E-state index contributed by atoms with van der Waals surface area (Å²) in [6, 6.07) is 0.431. The number of carbonyl (C=O) groups excluding carboxylic acids is 1. The molecule has 1 aliphatic carbocycles. The number of hydrogen-bond donors (Lipinski definition) is 1. The molecule has 2 aliphatic heterocycles. The third kappa shape index (κ3) is 2.63.